The van der Waals surface area contributed by atoms with E-state index >= 15 is 0 Å². The summed E-state index contributed by atoms with van der Waals surface area (Å²) in [6.45, 7) is 2.69. The highest BCUT2D eigenvalue weighted by atomic mass is 32.1. The Morgan fingerprint density at radius 3 is 3.23 bits per heavy atom. The van der Waals surface area contributed by atoms with Crippen LogP contribution in [0, 0.1) is 0 Å². The van der Waals surface area contributed by atoms with Crippen LogP contribution in [0.4, 0.5) is 5.00 Å². The van der Waals surface area contributed by atoms with Crippen LogP contribution in [-0.4, -0.2) is 28.7 Å². The van der Waals surface area contributed by atoms with Gasteiger partial charge < -0.3 is 10.1 Å². The lowest BCUT2D eigenvalue weighted by atomic mass is 10.5. The number of carbonyl (C=O) groups excluding carboxylic acids is 1. The smallest absolute Gasteiger partial charge is 0.251 e. The van der Waals surface area contributed by atoms with E-state index in [1.807, 2.05) is 6.92 Å². The summed E-state index contributed by atoms with van der Waals surface area (Å²) < 4.78 is 8.65. The molecule has 1 rings (SSSR count). The van der Waals surface area contributed by atoms with Crippen molar-refractivity contribution < 1.29 is 9.53 Å². The zero-order valence-electron chi connectivity index (χ0n) is 7.32. The van der Waals surface area contributed by atoms with Gasteiger partial charge in [-0.1, -0.05) is 11.4 Å². The second-order valence-electron chi connectivity index (χ2n) is 2.38. The molecule has 1 aromatic rings. The van der Waals surface area contributed by atoms with E-state index in [2.05, 4.69) is 14.9 Å². The van der Waals surface area contributed by atoms with Crippen molar-refractivity contribution in [1.82, 2.24) is 9.59 Å². The van der Waals surface area contributed by atoms with Crippen LogP contribution >= 0.6 is 11.5 Å². The van der Waals surface area contributed by atoms with Gasteiger partial charge in [0, 0.05) is 18.1 Å². The number of nitrogens with zero attached hydrogens (tertiary/aromatic N) is 2. The van der Waals surface area contributed by atoms with Crippen molar-refractivity contribution in [2.75, 3.05) is 18.5 Å². The molecular formula is C7H11N3O2S. The lowest BCUT2D eigenvalue weighted by molar-refractivity contribution is -0.120. The summed E-state index contributed by atoms with van der Waals surface area (Å²) in [5.74, 6) is -0.167. The molecule has 0 fully saturated rings. The molecule has 1 aromatic heterocycles. The Kier molecular flexibility index (Phi) is 4.34. The summed E-state index contributed by atoms with van der Waals surface area (Å²) >= 11 is 1.14. The number of hydrogen-bond donors (Lipinski definition) is 1. The molecule has 0 bridgehead atoms. The Morgan fingerprint density at radius 1 is 1.77 bits per heavy atom. The first-order valence-corrected chi connectivity index (χ1v) is 4.75. The second kappa shape index (κ2) is 5.60. The molecule has 0 aliphatic rings. The van der Waals surface area contributed by atoms with Crippen molar-refractivity contribution in [2.24, 2.45) is 0 Å². The van der Waals surface area contributed by atoms with Crippen LogP contribution in [0.5, 0.6) is 0 Å². The van der Waals surface area contributed by atoms with Crippen LogP contribution in [0.15, 0.2) is 6.20 Å². The molecule has 0 spiro atoms. The van der Waals surface area contributed by atoms with E-state index in [0.717, 1.165) is 18.0 Å². The lowest BCUT2D eigenvalue weighted by Gasteiger charge is -2.01. The molecule has 0 aliphatic heterocycles. The van der Waals surface area contributed by atoms with E-state index in [4.69, 9.17) is 4.74 Å². The van der Waals surface area contributed by atoms with Crippen molar-refractivity contribution in [3.63, 3.8) is 0 Å². The molecule has 5 nitrogen and oxygen atoms in total. The maximum Gasteiger partial charge on any atom is 0.251 e. The molecule has 6 heteroatoms. The third-order valence-corrected chi connectivity index (χ3v) is 1.79. The second-order valence-corrected chi connectivity index (χ2v) is 3.17. The quantitative estimate of drug-likeness (QED) is 0.719. The van der Waals surface area contributed by atoms with Crippen molar-refractivity contribution in [2.45, 2.75) is 13.3 Å². The first-order chi connectivity index (χ1) is 6.33. The molecule has 1 heterocycles. The van der Waals surface area contributed by atoms with Crippen LogP contribution in [0.3, 0.4) is 0 Å². The number of nitrogens with one attached hydrogen (secondary N) is 1. The van der Waals surface area contributed by atoms with Gasteiger partial charge in [-0.3, -0.25) is 4.79 Å². The first-order valence-electron chi connectivity index (χ1n) is 3.98. The van der Waals surface area contributed by atoms with Gasteiger partial charge >= 0.3 is 0 Å². The Balaban J connectivity index is 2.18. The SMILES string of the molecule is CCCOCC(=O)Nc1cnns1. The third kappa shape index (κ3) is 3.95. The zero-order chi connectivity index (χ0) is 9.52. The third-order valence-electron chi connectivity index (χ3n) is 1.21. The molecule has 1 amide bonds. The molecular weight excluding hydrogens is 190 g/mol. The molecule has 0 unspecified atom stereocenters. The Hall–Kier alpha value is -1.01. The molecule has 0 aliphatic carbocycles. The van der Waals surface area contributed by atoms with Crippen molar-refractivity contribution in [3.05, 3.63) is 6.20 Å². The standard InChI is InChI=1S/C7H11N3O2S/c1-2-3-12-5-6(11)9-7-4-8-10-13-7/h4H,2-3,5H2,1H3,(H,9,11). The Bertz CT molecular complexity index is 250. The van der Waals surface area contributed by atoms with Gasteiger partial charge in [-0.25, -0.2) is 0 Å². The van der Waals surface area contributed by atoms with Gasteiger partial charge in [-0.2, -0.15) is 0 Å². The van der Waals surface area contributed by atoms with Gasteiger partial charge in [0.2, 0.25) is 0 Å². The van der Waals surface area contributed by atoms with E-state index in [9.17, 15) is 4.79 Å². The number of carbonyl (C=O) groups is 1. The molecule has 13 heavy (non-hydrogen) atoms. The molecule has 0 radical (unpaired) electrons. The molecule has 0 saturated carbocycles. The average molecular weight is 201 g/mol. The number of aromatic nitrogens is 2. The molecule has 1 N–H and O–H groups in total. The Labute approximate surface area is 80.3 Å². The minimum absolute atomic E-state index is 0.0890. The number of anilines is 1. The van der Waals surface area contributed by atoms with Crippen LogP contribution in [0.2, 0.25) is 0 Å². The van der Waals surface area contributed by atoms with E-state index < -0.39 is 0 Å². The fourth-order valence-corrected chi connectivity index (χ4v) is 1.14. The van der Waals surface area contributed by atoms with Crippen molar-refractivity contribution in [3.8, 4) is 0 Å². The van der Waals surface area contributed by atoms with Crippen LogP contribution in [-0.2, 0) is 9.53 Å². The molecule has 72 valence electrons. The maximum atomic E-state index is 11.1. The summed E-state index contributed by atoms with van der Waals surface area (Å²) in [4.78, 5) is 11.1. The zero-order valence-corrected chi connectivity index (χ0v) is 8.13. The van der Waals surface area contributed by atoms with Gasteiger partial charge in [0.1, 0.15) is 11.6 Å². The van der Waals surface area contributed by atoms with Crippen molar-refractivity contribution >= 4 is 22.4 Å². The predicted molar refractivity (Wildman–Crippen MR) is 49.6 cm³/mol. The number of rotatable bonds is 5. The first kappa shape index (κ1) is 10.1. The number of amides is 1. The van der Waals surface area contributed by atoms with Gasteiger partial charge in [-0.15, -0.1) is 5.10 Å². The summed E-state index contributed by atoms with van der Waals surface area (Å²) in [7, 11) is 0. The van der Waals surface area contributed by atoms with Gasteiger partial charge in [0.05, 0.1) is 6.20 Å². The predicted octanol–water partition coefficient (Wildman–Crippen LogP) is 0.903. The number of hydrogen-bond acceptors (Lipinski definition) is 5. The van der Waals surface area contributed by atoms with Gasteiger partial charge in [0.15, 0.2) is 0 Å². The Morgan fingerprint density at radius 2 is 2.62 bits per heavy atom. The fraction of sp³-hybridized carbons (Fsp3) is 0.571. The summed E-state index contributed by atoms with van der Waals surface area (Å²) in [6.07, 6.45) is 2.41. The summed E-state index contributed by atoms with van der Waals surface area (Å²) in [6, 6.07) is 0. The highest BCUT2D eigenvalue weighted by molar-refractivity contribution is 7.10. The lowest BCUT2D eigenvalue weighted by Crippen LogP contribution is -2.17. The minimum Gasteiger partial charge on any atom is -0.372 e. The van der Waals surface area contributed by atoms with E-state index in [1.54, 1.807) is 0 Å². The van der Waals surface area contributed by atoms with Gasteiger partial charge in [-0.05, 0) is 6.42 Å². The highest BCUT2D eigenvalue weighted by Gasteiger charge is 2.02. The van der Waals surface area contributed by atoms with Crippen LogP contribution in [0.1, 0.15) is 13.3 Å². The largest absolute Gasteiger partial charge is 0.372 e. The topological polar surface area (TPSA) is 64.1 Å². The maximum absolute atomic E-state index is 11.1. The fourth-order valence-electron chi connectivity index (χ4n) is 0.705. The molecule has 0 atom stereocenters. The van der Waals surface area contributed by atoms with E-state index in [1.165, 1.54) is 6.20 Å². The normalized spacial score (nSPS) is 9.92. The molecule has 0 saturated heterocycles. The van der Waals surface area contributed by atoms with Crippen LogP contribution < -0.4 is 5.32 Å². The molecule has 0 aromatic carbocycles. The summed E-state index contributed by atoms with van der Waals surface area (Å²) in [5.41, 5.74) is 0. The van der Waals surface area contributed by atoms with E-state index in [0.29, 0.717) is 11.6 Å². The monoisotopic (exact) mass is 201 g/mol. The van der Waals surface area contributed by atoms with Crippen molar-refractivity contribution in [1.29, 1.82) is 0 Å². The van der Waals surface area contributed by atoms with E-state index in [-0.39, 0.29) is 12.5 Å². The van der Waals surface area contributed by atoms with Crippen LogP contribution in [0.25, 0.3) is 0 Å². The van der Waals surface area contributed by atoms with Gasteiger partial charge in [0.25, 0.3) is 5.91 Å². The number of ether oxygens (including phenoxy) is 1. The highest BCUT2D eigenvalue weighted by Crippen LogP contribution is 2.08. The summed E-state index contributed by atoms with van der Waals surface area (Å²) in [5, 5.41) is 6.84. The average Bonchev–Trinajstić information content (AvgIpc) is 2.57. The minimum atomic E-state index is -0.167.